The predicted molar refractivity (Wildman–Crippen MR) is 162 cm³/mol. The van der Waals surface area contributed by atoms with Gasteiger partial charge in [-0.2, -0.15) is 0 Å². The predicted octanol–water partition coefficient (Wildman–Crippen LogP) is 6.83. The first kappa shape index (κ1) is 21.2. The fourth-order valence-electron chi connectivity index (χ4n) is 6.90. The first-order valence-electron chi connectivity index (χ1n) is 13.3. The summed E-state index contributed by atoms with van der Waals surface area (Å²) in [5.41, 5.74) is 5.00. The van der Waals surface area contributed by atoms with E-state index in [9.17, 15) is 0 Å². The SMILES string of the molecule is C1=[N+](c2ccccc2)[B-](c2ccccc2)(c2ccccc2)n2cc3c4ccccc4c4ccccc4c3c21. The third-order valence-corrected chi connectivity index (χ3v) is 8.43. The van der Waals surface area contributed by atoms with Crippen molar-refractivity contribution in [1.29, 1.82) is 0 Å². The molecule has 6 aromatic carbocycles. The van der Waals surface area contributed by atoms with Gasteiger partial charge < -0.3 is 8.96 Å². The molecule has 2 heterocycles. The van der Waals surface area contributed by atoms with E-state index in [0.717, 1.165) is 0 Å². The molecule has 8 rings (SSSR count). The van der Waals surface area contributed by atoms with E-state index in [-0.39, 0.29) is 0 Å². The summed E-state index contributed by atoms with van der Waals surface area (Å²) in [7, 11) is 0. The first-order valence-corrected chi connectivity index (χ1v) is 13.3. The molecule has 1 aliphatic heterocycles. The molecule has 0 unspecified atom stereocenters. The zero-order valence-electron chi connectivity index (χ0n) is 20.9. The minimum absolute atomic E-state index is 1.18. The van der Waals surface area contributed by atoms with E-state index in [1.807, 2.05) is 0 Å². The second-order valence-corrected chi connectivity index (χ2v) is 10.3. The Kier molecular flexibility index (Phi) is 4.50. The van der Waals surface area contributed by atoms with Gasteiger partial charge in [-0.05, 0) is 27.7 Å². The number of rotatable bonds is 3. The van der Waals surface area contributed by atoms with Gasteiger partial charge in [-0.1, -0.05) is 127 Å². The van der Waals surface area contributed by atoms with Gasteiger partial charge in [0.15, 0.2) is 5.69 Å². The van der Waals surface area contributed by atoms with Crippen LogP contribution in [0.3, 0.4) is 0 Å². The summed E-state index contributed by atoms with van der Waals surface area (Å²) in [5.74, 6) is 0. The van der Waals surface area contributed by atoms with Crippen LogP contribution in [0.2, 0.25) is 0 Å². The normalized spacial score (nSPS) is 14.2. The lowest BCUT2D eigenvalue weighted by Crippen LogP contribution is -2.68. The van der Waals surface area contributed by atoms with E-state index in [0.29, 0.717) is 0 Å². The van der Waals surface area contributed by atoms with E-state index in [1.54, 1.807) is 0 Å². The fraction of sp³-hybridized carbons (Fsp3) is 0. The molecule has 0 spiro atoms. The Morgan fingerprint density at radius 2 is 0.895 bits per heavy atom. The van der Waals surface area contributed by atoms with Gasteiger partial charge in [-0.3, -0.25) is 0 Å². The van der Waals surface area contributed by atoms with Gasteiger partial charge in [0.25, 0.3) is 0 Å². The summed E-state index contributed by atoms with van der Waals surface area (Å²) >= 11 is 0. The third kappa shape index (κ3) is 2.76. The summed E-state index contributed by atoms with van der Waals surface area (Å²) < 4.78 is 5.09. The van der Waals surface area contributed by atoms with Crippen LogP contribution in [0.1, 0.15) is 5.69 Å². The van der Waals surface area contributed by atoms with Crippen LogP contribution in [-0.4, -0.2) is 21.6 Å². The van der Waals surface area contributed by atoms with Gasteiger partial charge in [-0.15, -0.1) is 10.9 Å². The highest BCUT2D eigenvalue weighted by Crippen LogP contribution is 2.40. The lowest BCUT2D eigenvalue weighted by molar-refractivity contribution is -0.284. The van der Waals surface area contributed by atoms with Gasteiger partial charge in [0.2, 0.25) is 0 Å². The lowest BCUT2D eigenvalue weighted by atomic mass is 9.36. The average Bonchev–Trinajstić information content (AvgIpc) is 3.54. The topological polar surface area (TPSA) is 7.94 Å². The molecular formula is C35H25BN2. The Morgan fingerprint density at radius 3 is 1.47 bits per heavy atom. The van der Waals surface area contributed by atoms with Crippen LogP contribution in [-0.2, 0) is 0 Å². The maximum Gasteiger partial charge on any atom is 0.434 e. The highest BCUT2D eigenvalue weighted by atomic mass is 15.2. The van der Waals surface area contributed by atoms with Crippen molar-refractivity contribution >= 4 is 61.6 Å². The smallest absolute Gasteiger partial charge is 0.434 e. The van der Waals surface area contributed by atoms with Crippen LogP contribution in [0, 0.1) is 0 Å². The largest absolute Gasteiger partial charge is 0.448 e. The van der Waals surface area contributed by atoms with Crippen molar-refractivity contribution in [1.82, 2.24) is 4.48 Å². The van der Waals surface area contributed by atoms with Crippen molar-refractivity contribution in [2.24, 2.45) is 0 Å². The number of hydrogen-bond donors (Lipinski definition) is 0. The zero-order valence-corrected chi connectivity index (χ0v) is 20.9. The molecule has 1 aliphatic rings. The first-order chi connectivity index (χ1) is 18.9. The van der Waals surface area contributed by atoms with Crippen molar-refractivity contribution in [3.05, 3.63) is 151 Å². The number of hydrogen-bond acceptors (Lipinski definition) is 0. The number of aromatic nitrogens is 1. The van der Waals surface area contributed by atoms with E-state index >= 15 is 0 Å². The summed E-state index contributed by atoms with van der Waals surface area (Å²) in [6.45, 7) is 0. The van der Waals surface area contributed by atoms with Gasteiger partial charge in [0.1, 0.15) is 6.21 Å². The molecule has 2 nitrogen and oxygen atoms in total. The van der Waals surface area contributed by atoms with Crippen molar-refractivity contribution in [2.45, 2.75) is 0 Å². The maximum atomic E-state index is 2.57. The average molecular weight is 484 g/mol. The number of para-hydroxylation sites is 1. The van der Waals surface area contributed by atoms with Gasteiger partial charge in [-0.25, -0.2) is 0 Å². The Morgan fingerprint density at radius 1 is 0.447 bits per heavy atom. The number of benzene rings is 6. The van der Waals surface area contributed by atoms with Crippen LogP contribution in [0.25, 0.3) is 32.3 Å². The Hall–Kier alpha value is -4.89. The van der Waals surface area contributed by atoms with Crippen LogP contribution < -0.4 is 10.9 Å². The van der Waals surface area contributed by atoms with Crippen molar-refractivity contribution in [3.63, 3.8) is 0 Å². The van der Waals surface area contributed by atoms with E-state index < -0.39 is 6.42 Å². The molecule has 0 aliphatic carbocycles. The second kappa shape index (κ2) is 8.06. The molecule has 0 bridgehead atoms. The molecule has 3 heteroatoms. The van der Waals surface area contributed by atoms with Crippen molar-refractivity contribution < 1.29 is 4.49 Å². The molecule has 0 atom stereocenters. The Labute approximate surface area is 221 Å². The van der Waals surface area contributed by atoms with Crippen LogP contribution >= 0.6 is 0 Å². The molecule has 0 amide bonds. The number of fused-ring (bicyclic) bond motifs is 8. The molecule has 0 saturated carbocycles. The molecule has 178 valence electrons. The third-order valence-electron chi connectivity index (χ3n) is 8.43. The number of nitrogens with zero attached hydrogens (tertiary/aromatic N) is 2. The zero-order chi connectivity index (χ0) is 25.1. The minimum atomic E-state index is -1.55. The maximum absolute atomic E-state index is 2.57. The van der Waals surface area contributed by atoms with E-state index in [4.69, 9.17) is 0 Å². The Balaban J connectivity index is 1.61. The summed E-state index contributed by atoms with van der Waals surface area (Å²) in [4.78, 5) is 0. The molecule has 0 saturated heterocycles. The lowest BCUT2D eigenvalue weighted by Gasteiger charge is -2.36. The van der Waals surface area contributed by atoms with Crippen molar-refractivity contribution in [3.8, 4) is 0 Å². The van der Waals surface area contributed by atoms with Crippen LogP contribution in [0.5, 0.6) is 0 Å². The van der Waals surface area contributed by atoms with Gasteiger partial charge in [0.05, 0.1) is 5.69 Å². The standard InChI is InChI=1S/C35H25BN2/c1-4-14-26(15-5-1)36(27-16-6-2-7-17-27)37(28-18-8-3-9-19-28)25-34-35-32-23-13-12-21-30(32)29-20-10-11-22-31(29)33(35)24-38(34)36/h1-25H. The highest BCUT2D eigenvalue weighted by molar-refractivity contribution is 6.96. The van der Waals surface area contributed by atoms with Gasteiger partial charge in [0, 0.05) is 22.9 Å². The highest BCUT2D eigenvalue weighted by Gasteiger charge is 2.50. The van der Waals surface area contributed by atoms with E-state index in [1.165, 1.54) is 54.6 Å². The molecule has 7 aromatic rings. The quantitative estimate of drug-likeness (QED) is 0.192. The monoisotopic (exact) mass is 484 g/mol. The molecule has 0 radical (unpaired) electrons. The van der Waals surface area contributed by atoms with Crippen LogP contribution in [0.15, 0.2) is 146 Å². The molecular weight excluding hydrogens is 459 g/mol. The molecule has 0 N–H and O–H groups in total. The molecule has 1 aromatic heterocycles. The summed E-state index contributed by atoms with van der Waals surface area (Å²) in [6, 6.07) is 50.5. The van der Waals surface area contributed by atoms with E-state index in [2.05, 4.69) is 161 Å². The second-order valence-electron chi connectivity index (χ2n) is 10.3. The fourth-order valence-corrected chi connectivity index (χ4v) is 6.90. The summed E-state index contributed by atoms with van der Waals surface area (Å²) in [5, 5.41) is 7.82. The molecule has 0 fully saturated rings. The van der Waals surface area contributed by atoms with Gasteiger partial charge >= 0.3 is 6.42 Å². The molecule has 38 heavy (non-hydrogen) atoms. The summed E-state index contributed by atoms with van der Waals surface area (Å²) in [6.07, 6.45) is 3.25. The van der Waals surface area contributed by atoms with Crippen LogP contribution in [0.4, 0.5) is 5.69 Å². The van der Waals surface area contributed by atoms with Crippen molar-refractivity contribution in [2.75, 3.05) is 0 Å². The Bertz CT molecular complexity index is 1970. The minimum Gasteiger partial charge on any atom is -0.448 e.